The van der Waals surface area contributed by atoms with Gasteiger partial charge in [-0.2, -0.15) is 0 Å². The van der Waals surface area contributed by atoms with E-state index < -0.39 is 53.0 Å². The Hall–Kier alpha value is -3.85. The summed E-state index contributed by atoms with van der Waals surface area (Å²) in [6.07, 6.45) is -3.33. The van der Waals surface area contributed by atoms with Crippen molar-refractivity contribution >= 4 is 17.8 Å². The second-order valence-electron chi connectivity index (χ2n) is 13.4. The van der Waals surface area contributed by atoms with Crippen molar-refractivity contribution in [2.75, 3.05) is 6.61 Å². The molecule has 1 aliphatic rings. The topological polar surface area (TPSA) is 91.4 Å². The summed E-state index contributed by atoms with van der Waals surface area (Å²) in [5.74, 6) is -1.66. The summed E-state index contributed by atoms with van der Waals surface area (Å²) in [5, 5.41) is 0. The summed E-state index contributed by atoms with van der Waals surface area (Å²) < 4.78 is 25.2. The van der Waals surface area contributed by atoms with Crippen LogP contribution < -0.4 is 0 Å². The number of likely N-dealkylation sites (tertiary alicyclic amines) is 1. The van der Waals surface area contributed by atoms with E-state index in [2.05, 4.69) is 0 Å². The summed E-state index contributed by atoms with van der Waals surface area (Å²) in [5.41, 5.74) is 0.895. The van der Waals surface area contributed by atoms with E-state index in [1.165, 1.54) is 4.90 Å². The van der Waals surface area contributed by atoms with Crippen LogP contribution in [-0.4, -0.2) is 53.6 Å². The van der Waals surface area contributed by atoms with Crippen LogP contribution in [0.4, 0.5) is 0 Å². The van der Waals surface area contributed by atoms with E-state index in [-0.39, 0.29) is 26.4 Å². The molecule has 45 heavy (non-hydrogen) atoms. The number of imide groups is 1. The van der Waals surface area contributed by atoms with Gasteiger partial charge in [-0.15, -0.1) is 0 Å². The molecule has 1 fully saturated rings. The van der Waals surface area contributed by atoms with Crippen LogP contribution in [-0.2, 0) is 53.2 Å². The van der Waals surface area contributed by atoms with Crippen LogP contribution in [0.2, 0.25) is 0 Å². The van der Waals surface area contributed by atoms with Crippen LogP contribution in [0.5, 0.6) is 0 Å². The third kappa shape index (κ3) is 9.10. The first-order valence-corrected chi connectivity index (χ1v) is 15.4. The van der Waals surface area contributed by atoms with Crippen molar-refractivity contribution in [1.29, 1.82) is 0 Å². The molecule has 4 rings (SSSR count). The summed E-state index contributed by atoms with van der Waals surface area (Å²) >= 11 is 0. The first-order chi connectivity index (χ1) is 21.4. The van der Waals surface area contributed by atoms with E-state index in [0.717, 1.165) is 16.7 Å². The molecule has 2 amide bonds. The zero-order valence-corrected chi connectivity index (χ0v) is 27.1. The van der Waals surface area contributed by atoms with Gasteiger partial charge in [-0.25, -0.2) is 0 Å². The largest absolute Gasteiger partial charge is 0.449 e. The number of carbonyl (C=O) groups is 3. The van der Waals surface area contributed by atoms with Gasteiger partial charge in [0.05, 0.1) is 37.9 Å². The van der Waals surface area contributed by atoms with Crippen molar-refractivity contribution < 1.29 is 33.3 Å². The first-order valence-electron chi connectivity index (χ1n) is 15.4. The Morgan fingerprint density at radius 1 is 0.644 bits per heavy atom. The number of esters is 1. The summed E-state index contributed by atoms with van der Waals surface area (Å²) in [7, 11) is 0. The van der Waals surface area contributed by atoms with Crippen LogP contribution in [0.1, 0.15) is 58.2 Å². The number of hydrogen-bond donors (Lipinski definition) is 0. The Bertz CT molecular complexity index is 1400. The summed E-state index contributed by atoms with van der Waals surface area (Å²) in [6.45, 7) is 11.0. The molecule has 240 valence electrons. The van der Waals surface area contributed by atoms with Crippen molar-refractivity contribution in [3.8, 4) is 0 Å². The van der Waals surface area contributed by atoms with Gasteiger partial charge in [0.2, 0.25) is 12.0 Å². The second kappa shape index (κ2) is 15.0. The van der Waals surface area contributed by atoms with Crippen LogP contribution >= 0.6 is 0 Å². The molecular weight excluding hydrogens is 570 g/mol. The lowest BCUT2D eigenvalue weighted by Crippen LogP contribution is -2.70. The van der Waals surface area contributed by atoms with Crippen LogP contribution in [0.25, 0.3) is 0 Å². The Balaban J connectivity index is 1.77. The Labute approximate surface area is 266 Å². The van der Waals surface area contributed by atoms with E-state index in [4.69, 9.17) is 18.9 Å². The number of carbonyl (C=O) groups excluding carboxylic acids is 3. The van der Waals surface area contributed by atoms with E-state index >= 15 is 0 Å². The van der Waals surface area contributed by atoms with Gasteiger partial charge in [0.15, 0.2) is 0 Å². The normalized spacial score (nSPS) is 20.6. The van der Waals surface area contributed by atoms with Crippen molar-refractivity contribution in [2.45, 2.75) is 85.7 Å². The SMILES string of the molecule is CC(C)(C)C(=O)O[C@H]1C(=O)N(C(=O)C(C)(C)C)[C@H](COCc2ccccc2)[C@@H](OCc2ccccc2)[C@@H]1OCc1ccccc1. The van der Waals surface area contributed by atoms with Gasteiger partial charge in [-0.1, -0.05) is 112 Å². The van der Waals surface area contributed by atoms with Gasteiger partial charge in [-0.3, -0.25) is 19.3 Å². The Morgan fingerprint density at radius 3 is 1.53 bits per heavy atom. The molecule has 4 atom stereocenters. The molecule has 0 N–H and O–H groups in total. The average molecular weight is 616 g/mol. The zero-order valence-electron chi connectivity index (χ0n) is 27.1. The average Bonchev–Trinajstić information content (AvgIpc) is 3.01. The summed E-state index contributed by atoms with van der Waals surface area (Å²) in [4.78, 5) is 42.9. The van der Waals surface area contributed by atoms with E-state index in [0.29, 0.717) is 0 Å². The predicted octanol–water partition coefficient (Wildman–Crippen LogP) is 6.12. The van der Waals surface area contributed by atoms with Gasteiger partial charge < -0.3 is 18.9 Å². The van der Waals surface area contributed by atoms with Crippen molar-refractivity contribution in [3.05, 3.63) is 108 Å². The molecule has 1 aliphatic heterocycles. The van der Waals surface area contributed by atoms with Crippen molar-refractivity contribution in [2.24, 2.45) is 10.8 Å². The first kappa shape index (κ1) is 34.0. The lowest BCUT2D eigenvalue weighted by Gasteiger charge is -2.48. The predicted molar refractivity (Wildman–Crippen MR) is 171 cm³/mol. The lowest BCUT2D eigenvalue weighted by molar-refractivity contribution is -0.218. The number of piperidine rings is 1. The number of ether oxygens (including phenoxy) is 4. The number of nitrogens with zero attached hydrogens (tertiary/aromatic N) is 1. The van der Waals surface area contributed by atoms with E-state index in [9.17, 15) is 14.4 Å². The minimum Gasteiger partial charge on any atom is -0.449 e. The monoisotopic (exact) mass is 615 g/mol. The van der Waals surface area contributed by atoms with Crippen molar-refractivity contribution in [3.63, 3.8) is 0 Å². The smallest absolute Gasteiger partial charge is 0.312 e. The van der Waals surface area contributed by atoms with Crippen LogP contribution in [0.3, 0.4) is 0 Å². The molecule has 0 unspecified atom stereocenters. The molecule has 0 aliphatic carbocycles. The molecule has 8 nitrogen and oxygen atoms in total. The molecule has 0 radical (unpaired) electrons. The summed E-state index contributed by atoms with van der Waals surface area (Å²) in [6, 6.07) is 27.9. The highest BCUT2D eigenvalue weighted by molar-refractivity contribution is 6.01. The van der Waals surface area contributed by atoms with Gasteiger partial charge >= 0.3 is 5.97 Å². The lowest BCUT2D eigenvalue weighted by atomic mass is 9.87. The molecule has 0 bridgehead atoms. The number of hydrogen-bond acceptors (Lipinski definition) is 7. The molecule has 8 heteroatoms. The van der Waals surface area contributed by atoms with Gasteiger partial charge in [0, 0.05) is 5.41 Å². The highest BCUT2D eigenvalue weighted by Gasteiger charge is 2.56. The highest BCUT2D eigenvalue weighted by Crippen LogP contribution is 2.34. The second-order valence-corrected chi connectivity index (χ2v) is 13.4. The van der Waals surface area contributed by atoms with Gasteiger partial charge in [0.1, 0.15) is 12.2 Å². The third-order valence-corrected chi connectivity index (χ3v) is 7.49. The van der Waals surface area contributed by atoms with Gasteiger partial charge in [0.25, 0.3) is 5.91 Å². The maximum Gasteiger partial charge on any atom is 0.312 e. The molecule has 1 heterocycles. The quantitative estimate of drug-likeness (QED) is 0.240. The minimum absolute atomic E-state index is 0.00690. The van der Waals surface area contributed by atoms with Crippen molar-refractivity contribution in [1.82, 2.24) is 4.90 Å². The third-order valence-electron chi connectivity index (χ3n) is 7.49. The molecule has 1 saturated heterocycles. The standard InChI is InChI=1S/C37H45NO7/c1-36(2,3)34(40)38-29(25-42-22-26-16-10-7-11-17-26)30(43-23-27-18-12-8-13-19-27)31(44-24-28-20-14-9-15-21-28)32(33(38)39)45-35(41)37(4,5)6/h7-21,29-32H,22-25H2,1-6H3/t29-,30-,31+,32-/m1/s1. The molecule has 3 aromatic rings. The Morgan fingerprint density at radius 2 is 1.09 bits per heavy atom. The van der Waals surface area contributed by atoms with Crippen LogP contribution in [0, 0.1) is 10.8 Å². The highest BCUT2D eigenvalue weighted by atomic mass is 16.6. The zero-order chi connectivity index (χ0) is 32.6. The fraction of sp³-hybridized carbons (Fsp3) is 0.432. The minimum atomic E-state index is -1.42. The molecule has 0 aromatic heterocycles. The van der Waals surface area contributed by atoms with Crippen LogP contribution in [0.15, 0.2) is 91.0 Å². The van der Waals surface area contributed by atoms with E-state index in [1.54, 1.807) is 41.5 Å². The molecule has 0 spiro atoms. The molecule has 3 aromatic carbocycles. The maximum atomic E-state index is 14.4. The number of amides is 2. The fourth-order valence-corrected chi connectivity index (χ4v) is 4.96. The Kier molecular flexibility index (Phi) is 11.3. The van der Waals surface area contributed by atoms with E-state index in [1.807, 2.05) is 91.0 Å². The molecule has 0 saturated carbocycles. The fourth-order valence-electron chi connectivity index (χ4n) is 4.96. The number of benzene rings is 3. The molecular formula is C37H45NO7. The maximum absolute atomic E-state index is 14.4. The number of rotatable bonds is 11. The van der Waals surface area contributed by atoms with Gasteiger partial charge in [-0.05, 0) is 37.5 Å².